The molecule has 98 valence electrons. The molecule has 4 rings (SSSR count). The summed E-state index contributed by atoms with van der Waals surface area (Å²) in [6.45, 7) is 4.77. The Hall–Kier alpha value is -0.960. The number of hydrogen-bond donors (Lipinski definition) is 0. The molecular weight excluding hydrogens is 300 g/mol. The van der Waals surface area contributed by atoms with Crippen molar-refractivity contribution in [3.8, 4) is 0 Å². The van der Waals surface area contributed by atoms with E-state index in [1.807, 2.05) is 12.1 Å². The van der Waals surface area contributed by atoms with E-state index in [0.29, 0.717) is 5.92 Å². The van der Waals surface area contributed by atoms with E-state index in [-0.39, 0.29) is 10.8 Å². The van der Waals surface area contributed by atoms with E-state index < -0.39 is 0 Å². The summed E-state index contributed by atoms with van der Waals surface area (Å²) in [6.07, 6.45) is 2.48. The van der Waals surface area contributed by atoms with Crippen molar-refractivity contribution < 1.29 is 0 Å². The molecule has 0 N–H and O–H groups in total. The number of hydrogen-bond acceptors (Lipinski definition) is 2. The van der Waals surface area contributed by atoms with Crippen molar-refractivity contribution >= 4 is 27.0 Å². The molecule has 0 amide bonds. The Labute approximate surface area is 121 Å². The van der Waals surface area contributed by atoms with Gasteiger partial charge in [-0.1, -0.05) is 41.9 Å². The van der Waals surface area contributed by atoms with Crippen molar-refractivity contribution in [2.45, 2.75) is 38.0 Å². The molecule has 1 heterocycles. The molecule has 2 nitrogen and oxygen atoms in total. The molecule has 2 aliphatic rings. The fraction of sp³-hybridized carbons (Fsp3) is 0.500. The van der Waals surface area contributed by atoms with E-state index >= 15 is 0 Å². The van der Waals surface area contributed by atoms with Crippen molar-refractivity contribution in [2.75, 3.05) is 5.33 Å². The molecule has 0 saturated heterocycles. The summed E-state index contributed by atoms with van der Waals surface area (Å²) in [5.41, 5.74) is 5.01. The smallest absolute Gasteiger partial charge is 0.0890 e. The van der Waals surface area contributed by atoms with E-state index in [2.05, 4.69) is 41.9 Å². The largest absolute Gasteiger partial charge is 0.249 e. The Morgan fingerprint density at radius 2 is 1.89 bits per heavy atom. The zero-order valence-electron chi connectivity index (χ0n) is 11.3. The maximum absolute atomic E-state index is 4.97. The van der Waals surface area contributed by atoms with Gasteiger partial charge in [-0.25, -0.2) is 9.97 Å². The number of rotatable bonds is 1. The van der Waals surface area contributed by atoms with E-state index in [1.54, 1.807) is 0 Å². The van der Waals surface area contributed by atoms with Crippen molar-refractivity contribution in [2.24, 2.45) is 5.41 Å². The number of halogens is 1. The van der Waals surface area contributed by atoms with Crippen LogP contribution < -0.4 is 0 Å². The summed E-state index contributed by atoms with van der Waals surface area (Å²) in [7, 11) is 0. The molecule has 0 radical (unpaired) electrons. The fourth-order valence-electron chi connectivity index (χ4n) is 4.15. The number of nitrogens with zero attached hydrogens (tertiary/aromatic N) is 2. The molecule has 0 unspecified atom stereocenters. The third kappa shape index (κ3) is 1.23. The average Bonchev–Trinajstić information content (AvgIpc) is 2.80. The monoisotopic (exact) mass is 316 g/mol. The molecule has 1 aromatic heterocycles. The summed E-state index contributed by atoms with van der Waals surface area (Å²) in [4.78, 5) is 9.91. The molecule has 0 aliphatic heterocycles. The molecule has 1 aromatic carbocycles. The normalized spacial score (nSPS) is 35.8. The van der Waals surface area contributed by atoms with E-state index in [1.165, 1.54) is 24.2 Å². The van der Waals surface area contributed by atoms with Gasteiger partial charge in [-0.15, -0.1) is 0 Å². The average molecular weight is 317 g/mol. The van der Waals surface area contributed by atoms with Gasteiger partial charge in [0, 0.05) is 16.7 Å². The van der Waals surface area contributed by atoms with Gasteiger partial charge in [-0.05, 0) is 30.4 Å². The zero-order valence-corrected chi connectivity index (χ0v) is 12.9. The van der Waals surface area contributed by atoms with Crippen molar-refractivity contribution in [3.05, 3.63) is 35.7 Å². The summed E-state index contributed by atoms with van der Waals surface area (Å²) in [6, 6.07) is 8.23. The van der Waals surface area contributed by atoms with Crippen LogP contribution in [-0.2, 0) is 5.41 Å². The first-order valence-electron chi connectivity index (χ1n) is 6.93. The zero-order chi connectivity index (χ0) is 13.3. The lowest BCUT2D eigenvalue weighted by Gasteiger charge is -2.36. The van der Waals surface area contributed by atoms with Gasteiger partial charge < -0.3 is 0 Å². The number of para-hydroxylation sites is 2. The minimum absolute atomic E-state index is 0.174. The lowest BCUT2D eigenvalue weighted by atomic mass is 9.70. The van der Waals surface area contributed by atoms with Gasteiger partial charge in [0.1, 0.15) is 0 Å². The molecule has 2 bridgehead atoms. The molecular formula is C16H17BrN2. The Morgan fingerprint density at radius 3 is 2.58 bits per heavy atom. The predicted octanol–water partition coefficient (Wildman–Crippen LogP) is 4.18. The Kier molecular flexibility index (Phi) is 2.22. The summed E-state index contributed by atoms with van der Waals surface area (Å²) >= 11 is 3.75. The van der Waals surface area contributed by atoms with Gasteiger partial charge in [0.15, 0.2) is 0 Å². The van der Waals surface area contributed by atoms with Crippen LogP contribution >= 0.6 is 15.9 Å². The quantitative estimate of drug-likeness (QED) is 0.738. The van der Waals surface area contributed by atoms with Crippen molar-refractivity contribution in [1.29, 1.82) is 0 Å². The minimum atomic E-state index is 0.174. The molecule has 3 atom stereocenters. The summed E-state index contributed by atoms with van der Waals surface area (Å²) in [5.74, 6) is 0.559. The van der Waals surface area contributed by atoms with Gasteiger partial charge >= 0.3 is 0 Å². The Morgan fingerprint density at radius 1 is 1.21 bits per heavy atom. The second kappa shape index (κ2) is 3.57. The number of fused-ring (bicyclic) bond motifs is 6. The van der Waals surface area contributed by atoms with Crippen molar-refractivity contribution in [3.63, 3.8) is 0 Å². The molecule has 3 heteroatoms. The second-order valence-electron chi connectivity index (χ2n) is 6.42. The van der Waals surface area contributed by atoms with Crippen LogP contribution in [-0.4, -0.2) is 15.3 Å². The van der Waals surface area contributed by atoms with Crippen LogP contribution in [0.4, 0.5) is 0 Å². The molecule has 2 aliphatic carbocycles. The van der Waals surface area contributed by atoms with Gasteiger partial charge in [-0.2, -0.15) is 0 Å². The summed E-state index contributed by atoms with van der Waals surface area (Å²) < 4.78 is 0. The highest BCUT2D eigenvalue weighted by Crippen LogP contribution is 2.67. The lowest BCUT2D eigenvalue weighted by Crippen LogP contribution is -2.36. The maximum Gasteiger partial charge on any atom is 0.0890 e. The van der Waals surface area contributed by atoms with Crippen LogP contribution in [0.2, 0.25) is 0 Å². The molecule has 2 aromatic rings. The van der Waals surface area contributed by atoms with Crippen LogP contribution in [0.3, 0.4) is 0 Å². The highest BCUT2D eigenvalue weighted by Gasteiger charge is 2.63. The molecule has 1 fully saturated rings. The maximum atomic E-state index is 4.97. The summed E-state index contributed by atoms with van der Waals surface area (Å²) in [5, 5.41) is 1.02. The Balaban J connectivity index is 2.05. The predicted molar refractivity (Wildman–Crippen MR) is 80.8 cm³/mol. The van der Waals surface area contributed by atoms with Crippen LogP contribution in [0.1, 0.15) is 44.0 Å². The topological polar surface area (TPSA) is 25.8 Å². The highest BCUT2D eigenvalue weighted by molar-refractivity contribution is 9.09. The first kappa shape index (κ1) is 11.8. The standard InChI is InChI=1S/C16H17BrN2/c1-15-8-7-10(16(15,2)9-17)13-14(15)19-12-6-4-3-5-11(12)18-13/h3-6,10H,7-9H2,1-2H3/t10-,15+,16+/m0/s1. The first-order valence-corrected chi connectivity index (χ1v) is 8.05. The minimum Gasteiger partial charge on any atom is -0.249 e. The third-order valence-corrected chi connectivity index (χ3v) is 6.86. The molecule has 19 heavy (non-hydrogen) atoms. The number of aromatic nitrogens is 2. The number of benzene rings is 1. The van der Waals surface area contributed by atoms with Crippen LogP contribution in [0.5, 0.6) is 0 Å². The van der Waals surface area contributed by atoms with Crippen LogP contribution in [0.25, 0.3) is 11.0 Å². The molecule has 0 spiro atoms. The van der Waals surface area contributed by atoms with Gasteiger partial charge in [0.25, 0.3) is 0 Å². The third-order valence-electron chi connectivity index (χ3n) is 5.69. The van der Waals surface area contributed by atoms with Crippen LogP contribution in [0.15, 0.2) is 24.3 Å². The van der Waals surface area contributed by atoms with Crippen LogP contribution in [0, 0.1) is 5.41 Å². The van der Waals surface area contributed by atoms with Gasteiger partial charge in [0.2, 0.25) is 0 Å². The number of alkyl halides is 1. The van der Waals surface area contributed by atoms with E-state index in [0.717, 1.165) is 16.4 Å². The molecule has 1 saturated carbocycles. The Bertz CT molecular complexity index is 684. The first-order chi connectivity index (χ1) is 9.10. The van der Waals surface area contributed by atoms with E-state index in [4.69, 9.17) is 9.97 Å². The van der Waals surface area contributed by atoms with E-state index in [9.17, 15) is 0 Å². The van der Waals surface area contributed by atoms with Gasteiger partial charge in [-0.3, -0.25) is 0 Å². The SMILES string of the molecule is C[C@@]12CC[C@@H](c3nc4ccccc4nc31)[C@@]2(C)CBr. The van der Waals surface area contributed by atoms with Crippen molar-refractivity contribution in [1.82, 2.24) is 9.97 Å². The highest BCUT2D eigenvalue weighted by atomic mass is 79.9. The van der Waals surface area contributed by atoms with Gasteiger partial charge in [0.05, 0.1) is 22.4 Å². The lowest BCUT2D eigenvalue weighted by molar-refractivity contribution is 0.236. The fourth-order valence-corrected chi connectivity index (χ4v) is 5.16. The second-order valence-corrected chi connectivity index (χ2v) is 6.98.